The Balaban J connectivity index is 1.87. The summed E-state index contributed by atoms with van der Waals surface area (Å²) in [6.07, 6.45) is 0. The lowest BCUT2D eigenvalue weighted by Gasteiger charge is -2.10. The van der Waals surface area contributed by atoms with E-state index < -0.39 is 0 Å². The summed E-state index contributed by atoms with van der Waals surface area (Å²) in [7, 11) is 0. The number of fused-ring (bicyclic) bond motifs is 1. The number of hydrogen-bond acceptors (Lipinski definition) is 6. The first-order valence-corrected chi connectivity index (χ1v) is 8.32. The Morgan fingerprint density at radius 2 is 1.91 bits per heavy atom. The van der Waals surface area contributed by atoms with Crippen LogP contribution in [0.5, 0.6) is 0 Å². The summed E-state index contributed by atoms with van der Waals surface area (Å²) < 4.78 is 10.9. The minimum Gasteiger partial charge on any atom is -0.423 e. The number of benzene rings is 1. The Hall–Kier alpha value is -2.08. The van der Waals surface area contributed by atoms with E-state index in [2.05, 4.69) is 10.2 Å². The molecule has 0 radical (unpaired) electrons. The van der Waals surface area contributed by atoms with Gasteiger partial charge in [0.25, 0.3) is 5.22 Å². The lowest BCUT2D eigenvalue weighted by Crippen LogP contribution is -2.11. The van der Waals surface area contributed by atoms with Crippen molar-refractivity contribution in [1.82, 2.24) is 10.2 Å². The van der Waals surface area contributed by atoms with Crippen LogP contribution in [0.2, 0.25) is 0 Å². The molecular weight excluding hydrogens is 312 g/mol. The summed E-state index contributed by atoms with van der Waals surface area (Å²) in [4.78, 5) is 11.7. The third kappa shape index (κ3) is 3.47. The molecule has 3 aromatic rings. The number of thioether (sulfide) groups is 1. The van der Waals surface area contributed by atoms with Gasteiger partial charge in [-0.1, -0.05) is 44.7 Å². The van der Waals surface area contributed by atoms with Crippen LogP contribution in [-0.4, -0.2) is 10.2 Å². The van der Waals surface area contributed by atoms with Crippen LogP contribution in [0.25, 0.3) is 11.0 Å². The van der Waals surface area contributed by atoms with Gasteiger partial charge < -0.3 is 8.83 Å². The normalized spacial score (nSPS) is 12.0. The molecule has 0 aliphatic carbocycles. The highest BCUT2D eigenvalue weighted by atomic mass is 32.2. The Kier molecular flexibility index (Phi) is 4.02. The van der Waals surface area contributed by atoms with Gasteiger partial charge in [0, 0.05) is 22.6 Å². The smallest absolute Gasteiger partial charge is 0.336 e. The van der Waals surface area contributed by atoms with Gasteiger partial charge in [-0.05, 0) is 24.1 Å². The van der Waals surface area contributed by atoms with E-state index in [4.69, 9.17) is 8.83 Å². The predicted octanol–water partition coefficient (Wildman–Crippen LogP) is 4.07. The minimum atomic E-state index is -0.348. The van der Waals surface area contributed by atoms with Gasteiger partial charge in [-0.25, -0.2) is 4.79 Å². The van der Waals surface area contributed by atoms with E-state index in [1.807, 2.05) is 45.9 Å². The molecule has 2 heterocycles. The van der Waals surface area contributed by atoms with E-state index in [1.54, 1.807) is 0 Å². The monoisotopic (exact) mass is 330 g/mol. The maximum atomic E-state index is 11.7. The van der Waals surface area contributed by atoms with E-state index >= 15 is 0 Å². The summed E-state index contributed by atoms with van der Waals surface area (Å²) in [6.45, 7) is 8.03. The molecule has 0 aliphatic heterocycles. The van der Waals surface area contributed by atoms with Gasteiger partial charge in [-0.3, -0.25) is 0 Å². The van der Waals surface area contributed by atoms with E-state index in [-0.39, 0.29) is 11.0 Å². The van der Waals surface area contributed by atoms with E-state index in [1.165, 1.54) is 17.8 Å². The average molecular weight is 330 g/mol. The second-order valence-corrected chi connectivity index (χ2v) is 7.43. The van der Waals surface area contributed by atoms with Crippen LogP contribution >= 0.6 is 11.8 Å². The van der Waals surface area contributed by atoms with Gasteiger partial charge in [0.05, 0.1) is 0 Å². The molecule has 0 saturated carbocycles. The zero-order chi connectivity index (χ0) is 16.6. The van der Waals surface area contributed by atoms with Crippen molar-refractivity contribution in [2.24, 2.45) is 0 Å². The summed E-state index contributed by atoms with van der Waals surface area (Å²) in [6, 6.07) is 7.36. The summed E-state index contributed by atoms with van der Waals surface area (Å²) >= 11 is 1.42. The van der Waals surface area contributed by atoms with Crippen LogP contribution in [0.1, 0.15) is 37.8 Å². The first-order valence-electron chi connectivity index (χ1n) is 7.33. The Bertz CT molecular complexity index is 906. The molecule has 0 saturated heterocycles. The molecule has 0 unspecified atom stereocenters. The van der Waals surface area contributed by atoms with Gasteiger partial charge >= 0.3 is 5.63 Å². The van der Waals surface area contributed by atoms with Crippen molar-refractivity contribution in [2.45, 2.75) is 44.1 Å². The highest BCUT2D eigenvalue weighted by molar-refractivity contribution is 7.98. The third-order valence-electron chi connectivity index (χ3n) is 3.38. The Labute approximate surface area is 138 Å². The largest absolute Gasteiger partial charge is 0.423 e. The fraction of sp³-hybridized carbons (Fsp3) is 0.353. The quantitative estimate of drug-likeness (QED) is 0.532. The Morgan fingerprint density at radius 1 is 1.13 bits per heavy atom. The van der Waals surface area contributed by atoms with Gasteiger partial charge in [0.1, 0.15) is 5.58 Å². The van der Waals surface area contributed by atoms with Gasteiger partial charge in [-0.2, -0.15) is 0 Å². The van der Waals surface area contributed by atoms with Crippen LogP contribution in [0, 0.1) is 6.92 Å². The molecule has 23 heavy (non-hydrogen) atoms. The van der Waals surface area contributed by atoms with E-state index in [0.717, 1.165) is 16.5 Å². The van der Waals surface area contributed by atoms with Crippen molar-refractivity contribution >= 4 is 22.7 Å². The van der Waals surface area contributed by atoms with E-state index in [0.29, 0.717) is 22.4 Å². The molecule has 0 fully saturated rings. The molecule has 120 valence electrons. The van der Waals surface area contributed by atoms with E-state index in [9.17, 15) is 4.79 Å². The number of rotatable bonds is 3. The number of aromatic nitrogens is 2. The first kappa shape index (κ1) is 15.8. The summed E-state index contributed by atoms with van der Waals surface area (Å²) in [5.41, 5.74) is 2.03. The molecule has 2 aromatic heterocycles. The van der Waals surface area contributed by atoms with Crippen molar-refractivity contribution in [2.75, 3.05) is 0 Å². The minimum absolute atomic E-state index is 0.177. The van der Waals surface area contributed by atoms with Crippen molar-refractivity contribution in [3.63, 3.8) is 0 Å². The zero-order valence-corrected chi connectivity index (χ0v) is 14.4. The molecule has 0 atom stereocenters. The number of nitrogens with zero attached hydrogens (tertiary/aromatic N) is 2. The molecule has 0 aliphatic rings. The number of aryl methyl sites for hydroxylation is 1. The van der Waals surface area contributed by atoms with Crippen molar-refractivity contribution in [3.8, 4) is 0 Å². The van der Waals surface area contributed by atoms with Gasteiger partial charge in [0.2, 0.25) is 5.89 Å². The van der Waals surface area contributed by atoms with Gasteiger partial charge in [-0.15, -0.1) is 10.2 Å². The molecule has 0 amide bonds. The lowest BCUT2D eigenvalue weighted by atomic mass is 9.97. The molecule has 3 rings (SSSR count). The maximum Gasteiger partial charge on any atom is 0.336 e. The Morgan fingerprint density at radius 3 is 2.61 bits per heavy atom. The average Bonchev–Trinajstić information content (AvgIpc) is 2.93. The molecule has 0 bridgehead atoms. The molecule has 5 nitrogen and oxygen atoms in total. The van der Waals surface area contributed by atoms with Crippen LogP contribution in [0.4, 0.5) is 0 Å². The molecule has 0 spiro atoms. The first-order chi connectivity index (χ1) is 10.8. The summed E-state index contributed by atoms with van der Waals surface area (Å²) in [5.74, 6) is 1.17. The second-order valence-electron chi connectivity index (χ2n) is 6.50. The highest BCUT2D eigenvalue weighted by Gasteiger charge is 2.21. The van der Waals surface area contributed by atoms with Gasteiger partial charge in [0.15, 0.2) is 0 Å². The van der Waals surface area contributed by atoms with Crippen molar-refractivity contribution in [3.05, 3.63) is 51.7 Å². The fourth-order valence-corrected chi connectivity index (χ4v) is 2.92. The van der Waals surface area contributed by atoms with Crippen LogP contribution < -0.4 is 5.63 Å². The van der Waals surface area contributed by atoms with Crippen LogP contribution in [-0.2, 0) is 11.2 Å². The van der Waals surface area contributed by atoms with Crippen LogP contribution in [0.3, 0.4) is 0 Å². The molecule has 1 aromatic carbocycles. The maximum absolute atomic E-state index is 11.7. The SMILES string of the molecule is Cc1ccc2c(CSc3nnc(C(C)(C)C)o3)cc(=O)oc2c1. The highest BCUT2D eigenvalue weighted by Crippen LogP contribution is 2.28. The summed E-state index contributed by atoms with van der Waals surface area (Å²) in [5, 5.41) is 9.56. The van der Waals surface area contributed by atoms with Crippen molar-refractivity contribution < 1.29 is 8.83 Å². The van der Waals surface area contributed by atoms with Crippen molar-refractivity contribution in [1.29, 1.82) is 0 Å². The molecule has 0 N–H and O–H groups in total. The third-order valence-corrected chi connectivity index (χ3v) is 4.25. The molecular formula is C17H18N2O3S. The molecule has 6 heteroatoms. The lowest BCUT2D eigenvalue weighted by molar-refractivity contribution is 0.347. The fourth-order valence-electron chi connectivity index (χ4n) is 2.17. The standard InChI is InChI=1S/C17H18N2O3S/c1-10-5-6-12-11(8-14(20)21-13(12)7-10)9-23-16-19-18-15(22-16)17(2,3)4/h5-8H,9H2,1-4H3. The predicted molar refractivity (Wildman–Crippen MR) is 89.8 cm³/mol. The second kappa shape index (κ2) is 5.85. The zero-order valence-electron chi connectivity index (χ0n) is 13.5. The van der Waals surface area contributed by atoms with Crippen LogP contribution in [0.15, 0.2) is 43.1 Å². The topological polar surface area (TPSA) is 69.1 Å². The number of hydrogen-bond donors (Lipinski definition) is 0.